The molecule has 3 rings (SSSR count). The zero-order valence-electron chi connectivity index (χ0n) is 16.7. The van der Waals surface area contributed by atoms with Crippen LogP contribution < -0.4 is 0 Å². The van der Waals surface area contributed by atoms with E-state index in [2.05, 4.69) is 46.8 Å². The molecule has 3 nitrogen and oxygen atoms in total. The molecule has 1 fully saturated rings. The van der Waals surface area contributed by atoms with Gasteiger partial charge in [-0.1, -0.05) is 37.1 Å². The molecule has 0 aromatic heterocycles. The lowest BCUT2D eigenvalue weighted by Gasteiger charge is -2.43. The van der Waals surface area contributed by atoms with Gasteiger partial charge in [0.05, 0.1) is 6.10 Å². The van der Waals surface area contributed by atoms with Crippen LogP contribution in [0.25, 0.3) is 0 Å². The molecular weight excluding hydrogens is 312 g/mol. The molecule has 3 heteroatoms. The van der Waals surface area contributed by atoms with Crippen molar-refractivity contribution in [2.45, 2.75) is 85.0 Å². The molecule has 0 spiro atoms. The summed E-state index contributed by atoms with van der Waals surface area (Å²) >= 11 is 0. The summed E-state index contributed by atoms with van der Waals surface area (Å²) in [6, 6.07) is 0. The Morgan fingerprint density at radius 1 is 1.32 bits per heavy atom. The van der Waals surface area contributed by atoms with Gasteiger partial charge in [0.1, 0.15) is 11.7 Å². The molecule has 0 N–H and O–H groups in total. The average molecular weight is 347 g/mol. The second-order valence-electron chi connectivity index (χ2n) is 8.99. The third-order valence-corrected chi connectivity index (χ3v) is 6.71. The normalized spacial score (nSPS) is 43.2. The Labute approximate surface area is 152 Å². The molecule has 25 heavy (non-hydrogen) atoms. The largest absolute Gasteiger partial charge is 0.457 e. The third kappa shape index (κ3) is 3.45. The molecule has 0 amide bonds. The summed E-state index contributed by atoms with van der Waals surface area (Å²) < 4.78 is 12.6. The van der Waals surface area contributed by atoms with Crippen LogP contribution in [0.5, 0.6) is 0 Å². The molecule has 0 aromatic rings. The number of hydrogen-bond acceptors (Lipinski definition) is 3. The predicted molar refractivity (Wildman–Crippen MR) is 100 cm³/mol. The molecule has 2 bridgehead atoms. The lowest BCUT2D eigenvalue weighted by atomic mass is 9.63. The minimum atomic E-state index is -0.546. The summed E-state index contributed by atoms with van der Waals surface area (Å²) in [6.45, 7) is 12.7. The molecule has 3 aliphatic rings. The monoisotopic (exact) mass is 346 g/mol. The Balaban J connectivity index is 2.06. The zero-order chi connectivity index (χ0) is 18.4. The smallest absolute Gasteiger partial charge is 0.303 e. The van der Waals surface area contributed by atoms with Gasteiger partial charge in [0, 0.05) is 18.8 Å². The van der Waals surface area contributed by atoms with E-state index in [4.69, 9.17) is 9.47 Å². The molecule has 6 atom stereocenters. The fourth-order valence-corrected chi connectivity index (χ4v) is 5.53. The Hall–Kier alpha value is -1.09. The number of allylic oxidation sites excluding steroid dienone is 2. The summed E-state index contributed by atoms with van der Waals surface area (Å²) in [7, 11) is 0. The number of esters is 1. The van der Waals surface area contributed by atoms with E-state index in [0.29, 0.717) is 23.7 Å². The summed E-state index contributed by atoms with van der Waals surface area (Å²) in [4.78, 5) is 11.9. The highest BCUT2D eigenvalue weighted by atomic mass is 16.6. The first-order valence-electron chi connectivity index (χ1n) is 9.90. The predicted octanol–water partition coefficient (Wildman–Crippen LogP) is 5.06. The van der Waals surface area contributed by atoms with Crippen molar-refractivity contribution in [1.82, 2.24) is 0 Å². The van der Waals surface area contributed by atoms with Gasteiger partial charge >= 0.3 is 5.97 Å². The van der Waals surface area contributed by atoms with Crippen LogP contribution in [0.4, 0.5) is 0 Å². The van der Waals surface area contributed by atoms with Gasteiger partial charge in [0.15, 0.2) is 0 Å². The maximum atomic E-state index is 11.9. The fourth-order valence-electron chi connectivity index (χ4n) is 5.53. The van der Waals surface area contributed by atoms with E-state index < -0.39 is 5.60 Å². The number of carbonyl (C=O) groups is 1. The van der Waals surface area contributed by atoms with E-state index in [0.717, 1.165) is 25.7 Å². The molecule has 1 saturated heterocycles. The van der Waals surface area contributed by atoms with Gasteiger partial charge in [-0.15, -0.1) is 0 Å². The van der Waals surface area contributed by atoms with E-state index in [1.807, 2.05) is 0 Å². The third-order valence-electron chi connectivity index (χ3n) is 6.71. The lowest BCUT2D eigenvalue weighted by Crippen LogP contribution is -2.50. The number of fused-ring (bicyclic) bond motifs is 5. The van der Waals surface area contributed by atoms with Crippen molar-refractivity contribution in [2.24, 2.45) is 23.7 Å². The summed E-state index contributed by atoms with van der Waals surface area (Å²) in [6.07, 6.45) is 8.81. The second-order valence-corrected chi connectivity index (χ2v) is 8.99. The molecular formula is C22H34O3. The van der Waals surface area contributed by atoms with E-state index in [1.165, 1.54) is 18.1 Å². The molecule has 0 unspecified atom stereocenters. The number of hydrogen-bond donors (Lipinski definition) is 0. The minimum Gasteiger partial charge on any atom is -0.457 e. The van der Waals surface area contributed by atoms with Crippen molar-refractivity contribution in [3.8, 4) is 0 Å². The van der Waals surface area contributed by atoms with E-state index >= 15 is 0 Å². The first-order chi connectivity index (χ1) is 11.7. The second kappa shape index (κ2) is 6.90. The standard InChI is InChI=1S/C22H34O3/c1-13(2)17-10-9-15(4)19-18-12-14(3)8-7-11-22(6,25-16(5)23)21(24-18)20(17)19/h8-9,13,17-21H,7,10-12H2,1-6H3/b14-8-/t17-,18+,19-,20-,21+,22-/m1/s1. The highest BCUT2D eigenvalue weighted by Crippen LogP contribution is 2.53. The Morgan fingerprint density at radius 3 is 2.68 bits per heavy atom. The first-order valence-corrected chi connectivity index (χ1v) is 9.90. The molecule has 1 aliphatic carbocycles. The molecule has 2 aliphatic heterocycles. The van der Waals surface area contributed by atoms with Gasteiger partial charge in [-0.2, -0.15) is 0 Å². The fraction of sp³-hybridized carbons (Fsp3) is 0.773. The van der Waals surface area contributed by atoms with Gasteiger partial charge in [-0.25, -0.2) is 0 Å². The van der Waals surface area contributed by atoms with Crippen molar-refractivity contribution in [3.05, 3.63) is 23.3 Å². The maximum absolute atomic E-state index is 11.9. The minimum absolute atomic E-state index is 0.0123. The Bertz CT molecular complexity index is 588. The van der Waals surface area contributed by atoms with Crippen molar-refractivity contribution in [1.29, 1.82) is 0 Å². The van der Waals surface area contributed by atoms with Gasteiger partial charge < -0.3 is 9.47 Å². The van der Waals surface area contributed by atoms with Crippen LogP contribution in [0.1, 0.15) is 67.2 Å². The van der Waals surface area contributed by atoms with Crippen LogP contribution in [-0.4, -0.2) is 23.8 Å². The number of ether oxygens (including phenoxy) is 2. The molecule has 0 aromatic carbocycles. The molecule has 2 heterocycles. The van der Waals surface area contributed by atoms with Crippen molar-refractivity contribution in [3.63, 3.8) is 0 Å². The molecule has 140 valence electrons. The SMILES string of the molecule is CC(=O)O[C@]1(C)CC/C=C(/C)C[C@@H]2O[C@H]1[C@H]1[C@@H]2C(C)=CC[C@@H]1C(C)C. The highest BCUT2D eigenvalue weighted by Gasteiger charge is 2.57. The summed E-state index contributed by atoms with van der Waals surface area (Å²) in [5, 5.41) is 0. The quantitative estimate of drug-likeness (QED) is 0.518. The van der Waals surface area contributed by atoms with Gasteiger partial charge in [-0.3, -0.25) is 4.79 Å². The highest BCUT2D eigenvalue weighted by molar-refractivity contribution is 5.66. The van der Waals surface area contributed by atoms with E-state index in [9.17, 15) is 4.79 Å². The van der Waals surface area contributed by atoms with E-state index in [-0.39, 0.29) is 18.2 Å². The van der Waals surface area contributed by atoms with Gasteiger partial charge in [-0.05, 0) is 58.3 Å². The number of rotatable bonds is 2. The lowest BCUT2D eigenvalue weighted by molar-refractivity contribution is -0.178. The molecule has 0 saturated carbocycles. The summed E-state index contributed by atoms with van der Waals surface area (Å²) in [5.74, 6) is 1.87. The topological polar surface area (TPSA) is 35.5 Å². The zero-order valence-corrected chi connectivity index (χ0v) is 16.7. The Kier molecular flexibility index (Phi) is 5.16. The Morgan fingerprint density at radius 2 is 2.04 bits per heavy atom. The van der Waals surface area contributed by atoms with Crippen LogP contribution in [0.3, 0.4) is 0 Å². The van der Waals surface area contributed by atoms with E-state index in [1.54, 1.807) is 0 Å². The average Bonchev–Trinajstić information content (AvgIpc) is 2.88. The first kappa shape index (κ1) is 18.7. The van der Waals surface area contributed by atoms with Crippen molar-refractivity contribution < 1.29 is 14.3 Å². The van der Waals surface area contributed by atoms with Crippen molar-refractivity contribution in [2.75, 3.05) is 0 Å². The van der Waals surface area contributed by atoms with Crippen LogP contribution in [0, 0.1) is 23.7 Å². The van der Waals surface area contributed by atoms with Crippen LogP contribution >= 0.6 is 0 Å². The maximum Gasteiger partial charge on any atom is 0.303 e. The van der Waals surface area contributed by atoms with Crippen LogP contribution in [0.2, 0.25) is 0 Å². The molecule has 0 radical (unpaired) electrons. The number of carbonyl (C=O) groups excluding carboxylic acids is 1. The van der Waals surface area contributed by atoms with Gasteiger partial charge in [0.2, 0.25) is 0 Å². The van der Waals surface area contributed by atoms with Gasteiger partial charge in [0.25, 0.3) is 0 Å². The van der Waals surface area contributed by atoms with Crippen LogP contribution in [-0.2, 0) is 14.3 Å². The van der Waals surface area contributed by atoms with Crippen molar-refractivity contribution >= 4 is 5.97 Å². The summed E-state index contributed by atoms with van der Waals surface area (Å²) in [5.41, 5.74) is 2.32. The van der Waals surface area contributed by atoms with Crippen LogP contribution in [0.15, 0.2) is 23.3 Å².